The predicted molar refractivity (Wildman–Crippen MR) is 173 cm³/mol. The number of carbonyl (C=O) groups is 2. The van der Waals surface area contributed by atoms with Crippen molar-refractivity contribution in [1.29, 1.82) is 0 Å². The van der Waals surface area contributed by atoms with E-state index in [-0.39, 0.29) is 35.7 Å². The predicted octanol–water partition coefficient (Wildman–Crippen LogP) is 3.41. The van der Waals surface area contributed by atoms with Gasteiger partial charge in [0, 0.05) is 49.7 Å². The highest BCUT2D eigenvalue weighted by Gasteiger charge is 2.62. The first-order valence-corrected chi connectivity index (χ1v) is 15.3. The highest BCUT2D eigenvalue weighted by Crippen LogP contribution is 2.49. The maximum atomic E-state index is 14.3. The van der Waals surface area contributed by atoms with Gasteiger partial charge in [-0.1, -0.05) is 84.9 Å². The smallest absolute Gasteiger partial charge is 0.269 e. The third-order valence-corrected chi connectivity index (χ3v) is 8.93. The van der Waals surface area contributed by atoms with Gasteiger partial charge >= 0.3 is 0 Å². The Morgan fingerprint density at radius 2 is 1.66 bits per heavy atom. The van der Waals surface area contributed by atoms with Crippen molar-refractivity contribution in [2.75, 3.05) is 26.2 Å². The van der Waals surface area contributed by atoms with E-state index in [0.29, 0.717) is 51.1 Å². The summed E-state index contributed by atoms with van der Waals surface area (Å²) < 4.78 is 0. The first-order chi connectivity index (χ1) is 21.4. The van der Waals surface area contributed by atoms with Crippen LogP contribution < -0.4 is 22.1 Å². The molecule has 6 rings (SSSR count). The Balaban J connectivity index is 1.21. The van der Waals surface area contributed by atoms with Crippen LogP contribution in [0.4, 0.5) is 0 Å². The van der Waals surface area contributed by atoms with Crippen molar-refractivity contribution in [3.63, 3.8) is 0 Å². The van der Waals surface area contributed by atoms with Gasteiger partial charge < -0.3 is 21.7 Å². The summed E-state index contributed by atoms with van der Waals surface area (Å²) in [5.41, 5.74) is 13.2. The average molecular weight is 590 g/mol. The number of amides is 2. The summed E-state index contributed by atoms with van der Waals surface area (Å²) in [6.45, 7) is 2.00. The molecule has 1 unspecified atom stereocenters. The lowest BCUT2D eigenvalue weighted by atomic mass is 9.90. The molecule has 3 aromatic carbocycles. The normalized spacial score (nSPS) is 21.3. The van der Waals surface area contributed by atoms with Crippen molar-refractivity contribution in [2.45, 2.75) is 36.8 Å². The van der Waals surface area contributed by atoms with Gasteiger partial charge in [0.2, 0.25) is 5.91 Å². The summed E-state index contributed by atoms with van der Waals surface area (Å²) in [7, 11) is 0. The van der Waals surface area contributed by atoms with E-state index in [1.165, 1.54) is 11.1 Å². The SMILES string of the molecule is NC(N)=NCCC1C[C@@]12N[C@H](CNC(=O)c1cc3ccccc3cn1)CCN(CC(c1ccccc1)c1ccccc1)C2=O. The Hall–Kier alpha value is -4.76. The number of guanidine groups is 1. The molecule has 44 heavy (non-hydrogen) atoms. The zero-order valence-corrected chi connectivity index (χ0v) is 24.7. The Kier molecular flexibility index (Phi) is 8.56. The van der Waals surface area contributed by atoms with E-state index in [9.17, 15) is 9.59 Å². The van der Waals surface area contributed by atoms with Gasteiger partial charge in [0.05, 0.1) is 0 Å². The fraction of sp³-hybridized carbons (Fsp3) is 0.314. The van der Waals surface area contributed by atoms with Crippen LogP contribution in [0.1, 0.15) is 46.8 Å². The number of nitrogens with two attached hydrogens (primary N) is 2. The molecule has 9 nitrogen and oxygen atoms in total. The third kappa shape index (κ3) is 6.43. The average Bonchev–Trinajstić information content (AvgIpc) is 3.78. The zero-order valence-electron chi connectivity index (χ0n) is 24.7. The lowest BCUT2D eigenvalue weighted by Gasteiger charge is -2.30. The fourth-order valence-corrected chi connectivity index (χ4v) is 6.50. The minimum atomic E-state index is -0.704. The van der Waals surface area contributed by atoms with Gasteiger partial charge in [-0.05, 0) is 47.8 Å². The van der Waals surface area contributed by atoms with Crippen LogP contribution in [0.2, 0.25) is 0 Å². The minimum absolute atomic E-state index is 0.0347. The van der Waals surface area contributed by atoms with Gasteiger partial charge in [-0.2, -0.15) is 0 Å². The second-order valence-corrected chi connectivity index (χ2v) is 11.8. The van der Waals surface area contributed by atoms with Crippen LogP contribution >= 0.6 is 0 Å². The lowest BCUT2D eigenvalue weighted by Crippen LogP contribution is -2.52. The summed E-state index contributed by atoms with van der Waals surface area (Å²) in [6.07, 6.45) is 3.84. The maximum absolute atomic E-state index is 14.3. The minimum Gasteiger partial charge on any atom is -0.370 e. The van der Waals surface area contributed by atoms with E-state index >= 15 is 0 Å². The van der Waals surface area contributed by atoms with Gasteiger partial charge in [0.1, 0.15) is 11.2 Å². The van der Waals surface area contributed by atoms with E-state index in [1.54, 1.807) is 6.20 Å². The molecule has 2 amide bonds. The number of benzene rings is 3. The van der Waals surface area contributed by atoms with Crippen LogP contribution in [0, 0.1) is 5.92 Å². The van der Waals surface area contributed by atoms with E-state index in [0.717, 1.165) is 10.8 Å². The molecule has 1 aliphatic carbocycles. The number of nitrogens with zero attached hydrogens (tertiary/aromatic N) is 3. The molecule has 1 aromatic heterocycles. The van der Waals surface area contributed by atoms with Crippen molar-refractivity contribution >= 4 is 28.5 Å². The Labute approximate surface area is 257 Å². The Morgan fingerprint density at radius 3 is 2.34 bits per heavy atom. The number of carbonyl (C=O) groups excluding carboxylic acids is 2. The van der Waals surface area contributed by atoms with Gasteiger partial charge in [0.25, 0.3) is 5.91 Å². The molecule has 1 aliphatic heterocycles. The van der Waals surface area contributed by atoms with Gasteiger partial charge in [-0.15, -0.1) is 0 Å². The van der Waals surface area contributed by atoms with Crippen LogP contribution in [0.15, 0.2) is 102 Å². The number of aromatic nitrogens is 1. The largest absolute Gasteiger partial charge is 0.370 e. The molecule has 3 atom stereocenters. The van der Waals surface area contributed by atoms with E-state index in [1.807, 2.05) is 71.6 Å². The highest BCUT2D eigenvalue weighted by molar-refractivity contribution is 5.96. The van der Waals surface area contributed by atoms with Gasteiger partial charge in [-0.25, -0.2) is 0 Å². The van der Waals surface area contributed by atoms with Crippen LogP contribution in [-0.2, 0) is 4.79 Å². The van der Waals surface area contributed by atoms with Crippen LogP contribution in [0.5, 0.6) is 0 Å². The third-order valence-electron chi connectivity index (χ3n) is 8.93. The molecule has 1 saturated carbocycles. The van der Waals surface area contributed by atoms with Gasteiger partial charge in [-0.3, -0.25) is 24.9 Å². The number of pyridine rings is 1. The second kappa shape index (κ2) is 12.9. The summed E-state index contributed by atoms with van der Waals surface area (Å²) >= 11 is 0. The molecule has 4 aromatic rings. The molecule has 1 saturated heterocycles. The summed E-state index contributed by atoms with van der Waals surface area (Å²) in [6, 6.07) is 30.3. The fourth-order valence-electron chi connectivity index (χ4n) is 6.50. The number of rotatable bonds is 10. The van der Waals surface area contributed by atoms with Crippen LogP contribution in [0.3, 0.4) is 0 Å². The quantitative estimate of drug-likeness (QED) is 0.165. The van der Waals surface area contributed by atoms with E-state index in [4.69, 9.17) is 11.5 Å². The number of hydrogen-bond acceptors (Lipinski definition) is 5. The molecule has 2 aliphatic rings. The van der Waals surface area contributed by atoms with Crippen molar-refractivity contribution in [1.82, 2.24) is 20.5 Å². The molecule has 1 spiro atoms. The first-order valence-electron chi connectivity index (χ1n) is 15.3. The topological polar surface area (TPSA) is 139 Å². The van der Waals surface area contributed by atoms with Crippen LogP contribution in [-0.4, -0.2) is 65.4 Å². The zero-order chi connectivity index (χ0) is 30.5. The number of fused-ring (bicyclic) bond motifs is 1. The summed E-state index contributed by atoms with van der Waals surface area (Å²) in [4.78, 5) is 38.0. The molecule has 226 valence electrons. The Morgan fingerprint density at radius 1 is 1.00 bits per heavy atom. The molecular formula is C35H39N7O2. The molecule has 0 bridgehead atoms. The molecule has 0 radical (unpaired) electrons. The van der Waals surface area contributed by atoms with E-state index < -0.39 is 5.54 Å². The number of nitrogens with one attached hydrogen (secondary N) is 2. The maximum Gasteiger partial charge on any atom is 0.269 e. The Bertz CT molecular complexity index is 1600. The molecular weight excluding hydrogens is 550 g/mol. The van der Waals surface area contributed by atoms with E-state index in [2.05, 4.69) is 44.9 Å². The summed E-state index contributed by atoms with van der Waals surface area (Å²) in [5, 5.41) is 8.71. The monoisotopic (exact) mass is 589 g/mol. The van der Waals surface area contributed by atoms with Gasteiger partial charge in [0.15, 0.2) is 5.96 Å². The first kappa shape index (κ1) is 29.3. The second-order valence-electron chi connectivity index (χ2n) is 11.8. The highest BCUT2D eigenvalue weighted by atomic mass is 16.2. The van der Waals surface area contributed by atoms with Crippen molar-refractivity contribution in [2.24, 2.45) is 22.4 Å². The van der Waals surface area contributed by atoms with Crippen LogP contribution in [0.25, 0.3) is 10.8 Å². The van der Waals surface area contributed by atoms with Crippen molar-refractivity contribution in [3.8, 4) is 0 Å². The number of hydrogen-bond donors (Lipinski definition) is 4. The van der Waals surface area contributed by atoms with Crippen molar-refractivity contribution in [3.05, 3.63) is 114 Å². The lowest BCUT2D eigenvalue weighted by molar-refractivity contribution is -0.134. The number of aliphatic imine (C=N–C) groups is 1. The molecule has 9 heteroatoms. The van der Waals surface area contributed by atoms with Crippen molar-refractivity contribution < 1.29 is 9.59 Å². The standard InChI is InChI=1S/C35H39N7O2/c36-34(37)38-17-15-28-20-35(28)33(44)42(23-30(24-9-3-1-4-10-24)25-11-5-2-6-12-25)18-16-29(41-35)22-40-32(43)31-19-26-13-7-8-14-27(26)21-39-31/h1-14,19,21,28-30,41H,15-18,20,22-23H2,(H,40,43)(H4,36,37,38)/t28?,29-,35+/m0/s1. The molecule has 6 N–H and O–H groups in total. The molecule has 2 fully saturated rings. The summed E-state index contributed by atoms with van der Waals surface area (Å²) in [5.74, 6) is 0.0674. The molecule has 2 heterocycles.